The van der Waals surface area contributed by atoms with E-state index in [-0.39, 0.29) is 17.0 Å². The average molecular weight is 388 g/mol. The molecule has 8 heteroatoms. The third-order valence-corrected chi connectivity index (χ3v) is 6.41. The van der Waals surface area contributed by atoms with Crippen molar-refractivity contribution in [1.29, 1.82) is 0 Å². The van der Waals surface area contributed by atoms with Gasteiger partial charge in [-0.25, -0.2) is 13.2 Å². The number of piperidine rings is 1. The number of benzene rings is 2. The minimum Gasteiger partial charge on any atom is -0.478 e. The summed E-state index contributed by atoms with van der Waals surface area (Å²) < 4.78 is 27.2. The van der Waals surface area contributed by atoms with Crippen molar-refractivity contribution >= 4 is 27.6 Å². The Bertz CT molecular complexity index is 944. The highest BCUT2D eigenvalue weighted by atomic mass is 32.2. The summed E-state index contributed by atoms with van der Waals surface area (Å²) in [5.74, 6) is -1.56. The van der Waals surface area contributed by atoms with Gasteiger partial charge in [-0.3, -0.25) is 4.79 Å². The monoisotopic (exact) mass is 388 g/mol. The summed E-state index contributed by atoms with van der Waals surface area (Å²) in [6.45, 7) is 0.268. The molecule has 27 heavy (non-hydrogen) atoms. The van der Waals surface area contributed by atoms with Gasteiger partial charge < -0.3 is 10.4 Å². The number of rotatable bonds is 5. The lowest BCUT2D eigenvalue weighted by Crippen LogP contribution is -2.49. The Morgan fingerprint density at radius 2 is 1.78 bits per heavy atom. The topological polar surface area (TPSA) is 104 Å². The van der Waals surface area contributed by atoms with E-state index in [1.807, 2.05) is 0 Å². The fraction of sp³-hybridized carbons (Fsp3) is 0.263. The number of anilines is 1. The van der Waals surface area contributed by atoms with Crippen LogP contribution in [0, 0.1) is 0 Å². The summed E-state index contributed by atoms with van der Waals surface area (Å²) in [7, 11) is -3.79. The molecule has 1 aliphatic rings. The summed E-state index contributed by atoms with van der Waals surface area (Å²) in [6, 6.07) is 13.1. The predicted molar refractivity (Wildman–Crippen MR) is 100 cm³/mol. The zero-order valence-electron chi connectivity index (χ0n) is 14.5. The number of amides is 1. The van der Waals surface area contributed by atoms with Crippen molar-refractivity contribution in [3.63, 3.8) is 0 Å². The maximum atomic E-state index is 13.0. The molecule has 1 atom stereocenters. The van der Waals surface area contributed by atoms with Crippen LogP contribution in [0.1, 0.15) is 29.6 Å². The maximum Gasteiger partial charge on any atom is 0.335 e. The highest BCUT2D eigenvalue weighted by Crippen LogP contribution is 2.26. The van der Waals surface area contributed by atoms with E-state index in [2.05, 4.69) is 5.32 Å². The van der Waals surface area contributed by atoms with E-state index in [4.69, 9.17) is 5.11 Å². The first-order chi connectivity index (χ1) is 12.9. The van der Waals surface area contributed by atoms with Gasteiger partial charge in [0, 0.05) is 12.2 Å². The lowest BCUT2D eigenvalue weighted by molar-refractivity contribution is -0.120. The van der Waals surface area contributed by atoms with Crippen molar-refractivity contribution in [2.45, 2.75) is 30.2 Å². The number of carbonyl (C=O) groups excluding carboxylic acids is 1. The zero-order valence-corrected chi connectivity index (χ0v) is 15.4. The van der Waals surface area contributed by atoms with E-state index < -0.39 is 27.9 Å². The first-order valence-corrected chi connectivity index (χ1v) is 10.0. The quantitative estimate of drug-likeness (QED) is 0.819. The normalized spacial score (nSPS) is 18.0. The van der Waals surface area contributed by atoms with Gasteiger partial charge in [-0.05, 0) is 43.2 Å². The number of sulfonamides is 1. The second kappa shape index (κ2) is 7.89. The SMILES string of the molecule is O=C(O)c1cccc(NC(=O)C2CCCCN2S(=O)(=O)c2ccccc2)c1. The van der Waals surface area contributed by atoms with Gasteiger partial charge >= 0.3 is 5.97 Å². The lowest BCUT2D eigenvalue weighted by Gasteiger charge is -2.33. The van der Waals surface area contributed by atoms with E-state index in [9.17, 15) is 18.0 Å². The summed E-state index contributed by atoms with van der Waals surface area (Å²) in [4.78, 5) is 24.0. The van der Waals surface area contributed by atoms with Crippen molar-refractivity contribution in [3.05, 3.63) is 60.2 Å². The number of carboxylic acid groups (broad SMARTS) is 1. The molecule has 0 radical (unpaired) electrons. The molecule has 2 aromatic carbocycles. The Hall–Kier alpha value is -2.71. The van der Waals surface area contributed by atoms with Crippen LogP contribution in [0.2, 0.25) is 0 Å². The van der Waals surface area contributed by atoms with E-state index in [1.54, 1.807) is 24.3 Å². The minimum atomic E-state index is -3.79. The Balaban J connectivity index is 1.84. The van der Waals surface area contributed by atoms with E-state index >= 15 is 0 Å². The first-order valence-electron chi connectivity index (χ1n) is 8.61. The van der Waals surface area contributed by atoms with Gasteiger partial charge in [-0.2, -0.15) is 4.31 Å². The molecule has 1 aliphatic heterocycles. The number of nitrogens with zero attached hydrogens (tertiary/aromatic N) is 1. The Labute approximate surface area is 157 Å². The smallest absolute Gasteiger partial charge is 0.335 e. The number of aromatic carboxylic acids is 1. The lowest BCUT2D eigenvalue weighted by atomic mass is 10.0. The van der Waals surface area contributed by atoms with Crippen molar-refractivity contribution < 1.29 is 23.1 Å². The van der Waals surface area contributed by atoms with Crippen LogP contribution in [0.4, 0.5) is 5.69 Å². The minimum absolute atomic E-state index is 0.0465. The molecule has 2 aromatic rings. The molecule has 7 nitrogen and oxygen atoms in total. The van der Waals surface area contributed by atoms with Crippen LogP contribution in [-0.4, -0.2) is 42.3 Å². The summed E-state index contributed by atoms with van der Waals surface area (Å²) in [5.41, 5.74) is 0.368. The van der Waals surface area contributed by atoms with E-state index in [1.165, 1.54) is 34.6 Å². The third-order valence-electron chi connectivity index (χ3n) is 4.48. The average Bonchev–Trinajstić information content (AvgIpc) is 2.69. The molecule has 0 aromatic heterocycles. The molecule has 3 rings (SSSR count). The van der Waals surface area contributed by atoms with Crippen LogP contribution < -0.4 is 5.32 Å². The van der Waals surface area contributed by atoms with Gasteiger partial charge in [0.2, 0.25) is 15.9 Å². The molecule has 142 valence electrons. The maximum absolute atomic E-state index is 13.0. The van der Waals surface area contributed by atoms with Gasteiger partial charge in [0.25, 0.3) is 0 Å². The van der Waals surface area contributed by atoms with Crippen LogP contribution >= 0.6 is 0 Å². The Kier molecular flexibility index (Phi) is 5.57. The Morgan fingerprint density at radius 1 is 1.04 bits per heavy atom. The fourth-order valence-corrected chi connectivity index (χ4v) is 4.82. The molecule has 0 bridgehead atoms. The first kappa shape index (κ1) is 19.1. The van der Waals surface area contributed by atoms with Crippen molar-refractivity contribution in [2.75, 3.05) is 11.9 Å². The van der Waals surface area contributed by atoms with Crippen LogP contribution in [0.25, 0.3) is 0 Å². The molecule has 1 unspecified atom stereocenters. The molecule has 0 aliphatic carbocycles. The van der Waals surface area contributed by atoms with Crippen LogP contribution in [0.5, 0.6) is 0 Å². The molecule has 1 amide bonds. The molecule has 1 heterocycles. The van der Waals surface area contributed by atoms with E-state index in [0.717, 1.165) is 6.42 Å². The second-order valence-electron chi connectivity index (χ2n) is 6.32. The number of carbonyl (C=O) groups is 2. The number of hydrogen-bond donors (Lipinski definition) is 2. The highest BCUT2D eigenvalue weighted by molar-refractivity contribution is 7.89. The van der Waals surface area contributed by atoms with Gasteiger partial charge in [0.05, 0.1) is 10.5 Å². The van der Waals surface area contributed by atoms with E-state index in [0.29, 0.717) is 18.5 Å². The van der Waals surface area contributed by atoms with Gasteiger partial charge in [-0.15, -0.1) is 0 Å². The van der Waals surface area contributed by atoms with Crippen molar-refractivity contribution in [3.8, 4) is 0 Å². The highest BCUT2D eigenvalue weighted by Gasteiger charge is 2.37. The molecule has 0 spiro atoms. The van der Waals surface area contributed by atoms with Gasteiger partial charge in [0.1, 0.15) is 6.04 Å². The Morgan fingerprint density at radius 3 is 2.48 bits per heavy atom. The van der Waals surface area contributed by atoms with Crippen LogP contribution in [-0.2, 0) is 14.8 Å². The second-order valence-corrected chi connectivity index (χ2v) is 8.21. The molecular weight excluding hydrogens is 368 g/mol. The molecule has 1 fully saturated rings. The summed E-state index contributed by atoms with van der Waals surface area (Å²) >= 11 is 0. The molecular formula is C19H20N2O5S. The van der Waals surface area contributed by atoms with Crippen molar-refractivity contribution in [2.24, 2.45) is 0 Å². The molecule has 1 saturated heterocycles. The zero-order chi connectivity index (χ0) is 19.4. The van der Waals surface area contributed by atoms with Gasteiger partial charge in [0.15, 0.2) is 0 Å². The largest absolute Gasteiger partial charge is 0.478 e. The predicted octanol–water partition coefficient (Wildman–Crippen LogP) is 2.57. The van der Waals surface area contributed by atoms with Crippen LogP contribution in [0.3, 0.4) is 0 Å². The standard InChI is InChI=1S/C19H20N2O5S/c22-18(20-15-8-6-7-14(13-15)19(23)24)17-11-4-5-12-21(17)27(25,26)16-9-2-1-3-10-16/h1-3,6-10,13,17H,4-5,11-12H2,(H,20,22)(H,23,24). The summed E-state index contributed by atoms with van der Waals surface area (Å²) in [6.07, 6.45) is 1.84. The fourth-order valence-electron chi connectivity index (χ4n) is 3.14. The van der Waals surface area contributed by atoms with Gasteiger partial charge in [-0.1, -0.05) is 30.7 Å². The number of hydrogen-bond acceptors (Lipinski definition) is 4. The third kappa shape index (κ3) is 4.17. The summed E-state index contributed by atoms with van der Waals surface area (Å²) in [5, 5.41) is 11.7. The molecule has 0 saturated carbocycles. The number of carboxylic acids is 1. The number of nitrogens with one attached hydrogen (secondary N) is 1. The molecule has 2 N–H and O–H groups in total. The van der Waals surface area contributed by atoms with Crippen LogP contribution in [0.15, 0.2) is 59.5 Å². The van der Waals surface area contributed by atoms with Crippen molar-refractivity contribution in [1.82, 2.24) is 4.31 Å².